The van der Waals surface area contributed by atoms with E-state index in [2.05, 4.69) is 9.97 Å². The Morgan fingerprint density at radius 3 is 2.73 bits per heavy atom. The Morgan fingerprint density at radius 2 is 2.27 bits per heavy atom. The Labute approximate surface area is 85.8 Å². The molecule has 0 amide bonds. The van der Waals surface area contributed by atoms with Crippen LogP contribution >= 0.6 is 0 Å². The van der Waals surface area contributed by atoms with Crippen molar-refractivity contribution >= 4 is 5.97 Å². The zero-order valence-corrected chi connectivity index (χ0v) is 8.37. The van der Waals surface area contributed by atoms with E-state index in [1.807, 2.05) is 0 Å². The molecule has 0 aliphatic heterocycles. The summed E-state index contributed by atoms with van der Waals surface area (Å²) in [4.78, 5) is 17.6. The standard InChI is InChI=1S/C10H10N2O3/c1-5-3-7(12-8(5)10(13)14)9-11-6(2)4-15-9/h3-4,12H,1-2H3,(H,13,14). The van der Waals surface area contributed by atoms with E-state index in [0.717, 1.165) is 5.69 Å². The highest BCUT2D eigenvalue weighted by Crippen LogP contribution is 2.20. The number of carboxylic acids is 1. The molecule has 0 saturated carbocycles. The van der Waals surface area contributed by atoms with Crippen molar-refractivity contribution in [2.75, 3.05) is 0 Å². The van der Waals surface area contributed by atoms with E-state index in [-0.39, 0.29) is 5.69 Å². The third kappa shape index (κ3) is 1.63. The molecule has 0 aromatic carbocycles. The number of carbonyl (C=O) groups is 1. The van der Waals surface area contributed by atoms with E-state index >= 15 is 0 Å². The number of H-pyrrole nitrogens is 1. The minimum Gasteiger partial charge on any atom is -0.477 e. The summed E-state index contributed by atoms with van der Waals surface area (Å²) in [5.74, 6) is -0.579. The van der Waals surface area contributed by atoms with Gasteiger partial charge in [-0.25, -0.2) is 9.78 Å². The zero-order chi connectivity index (χ0) is 11.0. The average Bonchev–Trinajstić information content (AvgIpc) is 2.71. The van der Waals surface area contributed by atoms with E-state index < -0.39 is 5.97 Å². The van der Waals surface area contributed by atoms with E-state index in [1.165, 1.54) is 6.26 Å². The molecule has 0 spiro atoms. The maximum absolute atomic E-state index is 10.8. The van der Waals surface area contributed by atoms with E-state index in [1.54, 1.807) is 19.9 Å². The van der Waals surface area contributed by atoms with Crippen molar-refractivity contribution in [3.05, 3.63) is 29.3 Å². The molecule has 0 unspecified atom stereocenters. The van der Waals surface area contributed by atoms with Gasteiger partial charge in [-0.3, -0.25) is 0 Å². The molecule has 0 aliphatic carbocycles. The van der Waals surface area contributed by atoms with Crippen molar-refractivity contribution in [1.29, 1.82) is 0 Å². The van der Waals surface area contributed by atoms with Crippen LogP contribution in [0.4, 0.5) is 0 Å². The van der Waals surface area contributed by atoms with Gasteiger partial charge in [0.1, 0.15) is 17.7 Å². The molecule has 0 fully saturated rings. The highest BCUT2D eigenvalue weighted by molar-refractivity contribution is 5.88. The normalized spacial score (nSPS) is 10.5. The number of hydrogen-bond donors (Lipinski definition) is 2. The highest BCUT2D eigenvalue weighted by atomic mass is 16.4. The molecule has 0 radical (unpaired) electrons. The topological polar surface area (TPSA) is 79.1 Å². The fourth-order valence-electron chi connectivity index (χ4n) is 1.37. The van der Waals surface area contributed by atoms with Crippen LogP contribution in [0.3, 0.4) is 0 Å². The van der Waals surface area contributed by atoms with Crippen LogP contribution in [0.25, 0.3) is 11.6 Å². The predicted octanol–water partition coefficient (Wildman–Crippen LogP) is 1.98. The number of hydrogen-bond acceptors (Lipinski definition) is 3. The highest BCUT2D eigenvalue weighted by Gasteiger charge is 2.14. The quantitative estimate of drug-likeness (QED) is 0.787. The van der Waals surface area contributed by atoms with Crippen LogP contribution in [-0.4, -0.2) is 21.0 Å². The monoisotopic (exact) mass is 206 g/mol. The first-order valence-electron chi connectivity index (χ1n) is 4.43. The predicted molar refractivity (Wildman–Crippen MR) is 52.7 cm³/mol. The Balaban J connectivity index is 2.46. The van der Waals surface area contributed by atoms with Crippen LogP contribution in [0, 0.1) is 13.8 Å². The average molecular weight is 206 g/mol. The molecule has 2 rings (SSSR count). The van der Waals surface area contributed by atoms with Crippen molar-refractivity contribution in [3.63, 3.8) is 0 Å². The summed E-state index contributed by atoms with van der Waals surface area (Å²) in [5.41, 5.74) is 2.17. The number of rotatable bonds is 2. The fraction of sp³-hybridized carbons (Fsp3) is 0.200. The number of oxazole rings is 1. The number of carboxylic acid groups (broad SMARTS) is 1. The van der Waals surface area contributed by atoms with Crippen LogP contribution in [0.5, 0.6) is 0 Å². The van der Waals surface area contributed by atoms with Crippen molar-refractivity contribution < 1.29 is 14.3 Å². The first-order valence-corrected chi connectivity index (χ1v) is 4.43. The SMILES string of the molecule is Cc1coc(-c2cc(C)c(C(=O)O)[nH]2)n1. The first kappa shape index (κ1) is 9.51. The molecule has 2 N–H and O–H groups in total. The van der Waals surface area contributed by atoms with Gasteiger partial charge in [-0.05, 0) is 25.5 Å². The maximum Gasteiger partial charge on any atom is 0.352 e. The van der Waals surface area contributed by atoms with Gasteiger partial charge in [0, 0.05) is 0 Å². The molecule has 0 aliphatic rings. The van der Waals surface area contributed by atoms with E-state index in [0.29, 0.717) is 17.1 Å². The Kier molecular flexibility index (Phi) is 2.07. The third-order valence-corrected chi connectivity index (χ3v) is 2.08. The summed E-state index contributed by atoms with van der Waals surface area (Å²) in [6, 6.07) is 1.70. The summed E-state index contributed by atoms with van der Waals surface area (Å²) in [7, 11) is 0. The first-order chi connectivity index (χ1) is 7.08. The number of aryl methyl sites for hydroxylation is 2. The molecule has 0 bridgehead atoms. The Bertz CT molecular complexity index is 510. The smallest absolute Gasteiger partial charge is 0.352 e. The fourth-order valence-corrected chi connectivity index (χ4v) is 1.37. The molecule has 78 valence electrons. The van der Waals surface area contributed by atoms with Gasteiger partial charge < -0.3 is 14.5 Å². The van der Waals surface area contributed by atoms with Gasteiger partial charge in [0.05, 0.1) is 5.69 Å². The van der Waals surface area contributed by atoms with Crippen LogP contribution in [0.1, 0.15) is 21.7 Å². The molecule has 5 heteroatoms. The summed E-state index contributed by atoms with van der Waals surface area (Å²) in [5, 5.41) is 8.85. The largest absolute Gasteiger partial charge is 0.477 e. The maximum atomic E-state index is 10.8. The van der Waals surface area contributed by atoms with Gasteiger partial charge in [0.25, 0.3) is 0 Å². The van der Waals surface area contributed by atoms with Gasteiger partial charge in [-0.1, -0.05) is 0 Å². The van der Waals surface area contributed by atoms with Gasteiger partial charge in [0.2, 0.25) is 5.89 Å². The van der Waals surface area contributed by atoms with Crippen LogP contribution in [0.15, 0.2) is 16.7 Å². The van der Waals surface area contributed by atoms with Crippen molar-refractivity contribution in [3.8, 4) is 11.6 Å². The lowest BCUT2D eigenvalue weighted by Crippen LogP contribution is -1.98. The molecule has 0 saturated heterocycles. The van der Waals surface area contributed by atoms with Crippen molar-refractivity contribution in [2.45, 2.75) is 13.8 Å². The van der Waals surface area contributed by atoms with Gasteiger partial charge in [0.15, 0.2) is 0 Å². The van der Waals surface area contributed by atoms with E-state index in [4.69, 9.17) is 9.52 Å². The lowest BCUT2D eigenvalue weighted by molar-refractivity contribution is 0.0690. The number of nitrogens with zero attached hydrogens (tertiary/aromatic N) is 1. The molecular weight excluding hydrogens is 196 g/mol. The Morgan fingerprint density at radius 1 is 1.53 bits per heavy atom. The summed E-state index contributed by atoms with van der Waals surface area (Å²) in [6.07, 6.45) is 1.52. The molecule has 5 nitrogen and oxygen atoms in total. The van der Waals surface area contributed by atoms with Crippen molar-refractivity contribution in [1.82, 2.24) is 9.97 Å². The number of nitrogens with one attached hydrogen (secondary N) is 1. The lowest BCUT2D eigenvalue weighted by Gasteiger charge is -1.89. The van der Waals surface area contributed by atoms with Gasteiger partial charge in [-0.15, -0.1) is 0 Å². The second-order valence-electron chi connectivity index (χ2n) is 3.34. The molecule has 2 aromatic heterocycles. The third-order valence-electron chi connectivity index (χ3n) is 2.08. The molecule has 0 atom stereocenters. The van der Waals surface area contributed by atoms with Crippen LogP contribution < -0.4 is 0 Å². The van der Waals surface area contributed by atoms with Crippen molar-refractivity contribution in [2.24, 2.45) is 0 Å². The zero-order valence-electron chi connectivity index (χ0n) is 8.37. The molecular formula is C10H10N2O3. The number of aromatic nitrogens is 2. The Hall–Kier alpha value is -2.04. The summed E-state index contributed by atoms with van der Waals surface area (Å²) >= 11 is 0. The van der Waals surface area contributed by atoms with Crippen LogP contribution in [-0.2, 0) is 0 Å². The lowest BCUT2D eigenvalue weighted by atomic mass is 10.2. The van der Waals surface area contributed by atoms with E-state index in [9.17, 15) is 4.79 Å². The van der Waals surface area contributed by atoms with Gasteiger partial charge in [-0.2, -0.15) is 0 Å². The van der Waals surface area contributed by atoms with Gasteiger partial charge >= 0.3 is 5.97 Å². The molecule has 2 aromatic rings. The number of aromatic amines is 1. The summed E-state index contributed by atoms with van der Waals surface area (Å²) in [6.45, 7) is 3.53. The second-order valence-corrected chi connectivity index (χ2v) is 3.34. The number of aromatic carboxylic acids is 1. The minimum atomic E-state index is -0.984. The van der Waals surface area contributed by atoms with Crippen LogP contribution in [0.2, 0.25) is 0 Å². The molecule has 2 heterocycles. The summed E-state index contributed by atoms with van der Waals surface area (Å²) < 4.78 is 5.16. The minimum absolute atomic E-state index is 0.167. The second kappa shape index (κ2) is 3.27. The molecule has 15 heavy (non-hydrogen) atoms.